The van der Waals surface area contributed by atoms with Crippen molar-refractivity contribution in [2.45, 2.75) is 6.42 Å². The molecule has 26 heavy (non-hydrogen) atoms. The summed E-state index contributed by atoms with van der Waals surface area (Å²) in [4.78, 5) is 30.3. The van der Waals surface area contributed by atoms with E-state index >= 15 is 0 Å². The van der Waals surface area contributed by atoms with Crippen LogP contribution in [-0.4, -0.2) is 31.4 Å². The molecule has 0 unspecified atom stereocenters. The van der Waals surface area contributed by atoms with Gasteiger partial charge < -0.3 is 14.9 Å². The number of nitrogens with one attached hydrogen (secondary N) is 1. The van der Waals surface area contributed by atoms with Crippen LogP contribution in [0.4, 0.5) is 0 Å². The highest BCUT2D eigenvalue weighted by molar-refractivity contribution is 5.96. The summed E-state index contributed by atoms with van der Waals surface area (Å²) in [6, 6.07) is 16.6. The zero-order valence-electron chi connectivity index (χ0n) is 14.7. The highest BCUT2D eigenvalue weighted by Crippen LogP contribution is 2.19. The van der Waals surface area contributed by atoms with Gasteiger partial charge in [0.1, 0.15) is 18.6 Å². The van der Waals surface area contributed by atoms with E-state index in [4.69, 9.17) is 9.57 Å². The van der Waals surface area contributed by atoms with Crippen molar-refractivity contribution in [2.24, 2.45) is 0 Å². The maximum absolute atomic E-state index is 12.6. The second-order valence-electron chi connectivity index (χ2n) is 5.76. The first-order valence-electron chi connectivity index (χ1n) is 8.24. The lowest BCUT2D eigenvalue weighted by Crippen LogP contribution is -2.35. The first-order valence-corrected chi connectivity index (χ1v) is 8.24. The van der Waals surface area contributed by atoms with Crippen LogP contribution in [0.25, 0.3) is 10.8 Å². The zero-order valence-corrected chi connectivity index (χ0v) is 14.7. The van der Waals surface area contributed by atoms with E-state index in [1.54, 1.807) is 31.4 Å². The Bertz CT molecular complexity index is 980. The van der Waals surface area contributed by atoms with Crippen molar-refractivity contribution in [3.8, 4) is 5.75 Å². The van der Waals surface area contributed by atoms with Crippen LogP contribution in [0.1, 0.15) is 16.1 Å². The lowest BCUT2D eigenvalue weighted by Gasteiger charge is -2.13. The van der Waals surface area contributed by atoms with Gasteiger partial charge in [-0.15, -0.1) is 4.73 Å². The van der Waals surface area contributed by atoms with Crippen LogP contribution in [0.5, 0.6) is 5.75 Å². The van der Waals surface area contributed by atoms with Crippen LogP contribution in [0, 0.1) is 0 Å². The predicted octanol–water partition coefficient (Wildman–Crippen LogP) is 2.04. The quantitative estimate of drug-likeness (QED) is 0.737. The molecule has 6 heteroatoms. The molecule has 0 spiro atoms. The number of aromatic nitrogens is 1. The molecule has 2 aromatic carbocycles. The third-order valence-corrected chi connectivity index (χ3v) is 4.14. The zero-order chi connectivity index (χ0) is 18.5. The Morgan fingerprint density at radius 2 is 1.85 bits per heavy atom. The molecule has 1 aromatic heterocycles. The lowest BCUT2D eigenvalue weighted by molar-refractivity contribution is 0.0885. The Morgan fingerprint density at radius 3 is 2.54 bits per heavy atom. The van der Waals surface area contributed by atoms with Gasteiger partial charge >= 0.3 is 0 Å². The van der Waals surface area contributed by atoms with Crippen molar-refractivity contribution >= 4 is 16.7 Å². The minimum absolute atomic E-state index is 0.145. The number of nitrogens with zero attached hydrogens (tertiary/aromatic N) is 1. The highest BCUT2D eigenvalue weighted by Gasteiger charge is 2.16. The van der Waals surface area contributed by atoms with Gasteiger partial charge in [0, 0.05) is 6.54 Å². The number of ether oxygens (including phenoxy) is 1. The van der Waals surface area contributed by atoms with E-state index in [1.807, 2.05) is 30.3 Å². The topological polar surface area (TPSA) is 69.6 Å². The molecule has 0 saturated heterocycles. The number of methoxy groups -OCH3 is 1. The van der Waals surface area contributed by atoms with Crippen LogP contribution in [0.2, 0.25) is 0 Å². The number of rotatable bonds is 6. The smallest absolute Gasteiger partial charge is 0.291 e. The molecule has 3 rings (SSSR count). The number of carbonyl (C=O) groups excluding carboxylic acids is 1. The molecule has 0 aliphatic heterocycles. The maximum Gasteiger partial charge on any atom is 0.291 e. The number of benzene rings is 2. The highest BCUT2D eigenvalue weighted by atomic mass is 16.7. The van der Waals surface area contributed by atoms with Gasteiger partial charge in [-0.05, 0) is 41.6 Å². The van der Waals surface area contributed by atoms with Crippen molar-refractivity contribution in [3.05, 3.63) is 76.2 Å². The van der Waals surface area contributed by atoms with E-state index in [0.29, 0.717) is 29.5 Å². The summed E-state index contributed by atoms with van der Waals surface area (Å²) in [6.07, 6.45) is 0.700. The number of pyridine rings is 1. The summed E-state index contributed by atoms with van der Waals surface area (Å²) in [5.74, 6) is 0.243. The number of carbonyl (C=O) groups is 1. The van der Waals surface area contributed by atoms with Crippen LogP contribution >= 0.6 is 0 Å². The predicted molar refractivity (Wildman–Crippen MR) is 99.7 cm³/mol. The van der Waals surface area contributed by atoms with Crippen LogP contribution in [0.15, 0.2) is 59.4 Å². The molecule has 0 aliphatic rings. The summed E-state index contributed by atoms with van der Waals surface area (Å²) in [5, 5.41) is 3.91. The van der Waals surface area contributed by atoms with E-state index in [1.165, 1.54) is 7.11 Å². The van der Waals surface area contributed by atoms with Crippen LogP contribution in [-0.2, 0) is 6.42 Å². The molecule has 0 atom stereocenters. The van der Waals surface area contributed by atoms with Crippen LogP contribution < -0.4 is 20.5 Å². The van der Waals surface area contributed by atoms with Gasteiger partial charge in [-0.2, -0.15) is 0 Å². The van der Waals surface area contributed by atoms with Gasteiger partial charge in [-0.1, -0.05) is 30.3 Å². The van der Waals surface area contributed by atoms with E-state index in [2.05, 4.69) is 5.32 Å². The molecule has 1 N–H and O–H groups in total. The molecule has 6 nitrogen and oxygen atoms in total. The number of hydrogen-bond donors (Lipinski definition) is 1. The molecule has 134 valence electrons. The Labute approximate surface area is 150 Å². The van der Waals surface area contributed by atoms with Gasteiger partial charge in [0.05, 0.1) is 12.5 Å². The fourth-order valence-corrected chi connectivity index (χ4v) is 2.80. The maximum atomic E-state index is 12.6. The van der Waals surface area contributed by atoms with Crippen molar-refractivity contribution in [2.75, 3.05) is 20.8 Å². The number of hydrogen-bond acceptors (Lipinski definition) is 4. The minimum Gasteiger partial charge on any atom is -0.497 e. The molecule has 1 heterocycles. The Kier molecular flexibility index (Phi) is 5.22. The molecule has 0 aliphatic carbocycles. The third-order valence-electron chi connectivity index (χ3n) is 4.14. The largest absolute Gasteiger partial charge is 0.497 e. The first-order chi connectivity index (χ1) is 12.6. The molecule has 0 bridgehead atoms. The van der Waals surface area contributed by atoms with Gasteiger partial charge in [0.25, 0.3) is 11.5 Å². The average molecular weight is 352 g/mol. The fraction of sp³-hybridized carbons (Fsp3) is 0.200. The summed E-state index contributed by atoms with van der Waals surface area (Å²) in [7, 11) is 2.91. The SMILES string of the molecule is COc1ccc2c(=O)n(OC)c(C(=O)NCCc3ccccc3)cc2c1. The molecular formula is C20H20N2O4. The summed E-state index contributed by atoms with van der Waals surface area (Å²) in [5.41, 5.74) is 0.882. The Balaban J connectivity index is 1.87. The first kappa shape index (κ1) is 17.5. The molecular weight excluding hydrogens is 332 g/mol. The minimum atomic E-state index is -0.388. The van der Waals surface area contributed by atoms with Gasteiger partial charge in [-0.3, -0.25) is 9.59 Å². The lowest BCUT2D eigenvalue weighted by atomic mass is 10.1. The number of fused-ring (bicyclic) bond motifs is 1. The van der Waals surface area contributed by atoms with Gasteiger partial charge in [-0.25, -0.2) is 0 Å². The second-order valence-corrected chi connectivity index (χ2v) is 5.76. The molecule has 1 amide bonds. The molecule has 0 saturated carbocycles. The van der Waals surface area contributed by atoms with Gasteiger partial charge in [0.2, 0.25) is 0 Å². The third kappa shape index (κ3) is 3.54. The van der Waals surface area contributed by atoms with Gasteiger partial charge in [0.15, 0.2) is 0 Å². The Hall–Kier alpha value is -3.28. The van der Waals surface area contributed by atoms with E-state index < -0.39 is 0 Å². The van der Waals surface area contributed by atoms with Crippen molar-refractivity contribution in [3.63, 3.8) is 0 Å². The number of amides is 1. The van der Waals surface area contributed by atoms with E-state index in [-0.39, 0.29) is 17.2 Å². The van der Waals surface area contributed by atoms with Crippen molar-refractivity contribution < 1.29 is 14.4 Å². The summed E-state index contributed by atoms with van der Waals surface area (Å²) >= 11 is 0. The Morgan fingerprint density at radius 1 is 1.08 bits per heavy atom. The molecule has 3 aromatic rings. The van der Waals surface area contributed by atoms with Crippen LogP contribution in [0.3, 0.4) is 0 Å². The second kappa shape index (κ2) is 7.74. The van der Waals surface area contributed by atoms with Crippen molar-refractivity contribution in [1.82, 2.24) is 10.0 Å². The average Bonchev–Trinajstić information content (AvgIpc) is 2.68. The summed E-state index contributed by atoms with van der Waals surface area (Å²) < 4.78 is 6.20. The van der Waals surface area contributed by atoms with E-state index in [9.17, 15) is 9.59 Å². The normalized spacial score (nSPS) is 10.5. The summed E-state index contributed by atoms with van der Waals surface area (Å²) in [6.45, 7) is 0.455. The van der Waals surface area contributed by atoms with Crippen molar-refractivity contribution in [1.29, 1.82) is 0 Å². The monoisotopic (exact) mass is 352 g/mol. The fourth-order valence-electron chi connectivity index (χ4n) is 2.80. The standard InChI is InChI=1S/C20H20N2O4/c1-25-16-8-9-17-15(12-16)13-18(22(26-2)20(17)24)19(23)21-11-10-14-6-4-3-5-7-14/h3-9,12-13H,10-11H2,1-2H3,(H,21,23). The molecule has 0 fully saturated rings. The molecule has 0 radical (unpaired) electrons. The van der Waals surface area contributed by atoms with E-state index in [0.717, 1.165) is 10.3 Å².